The fourth-order valence-electron chi connectivity index (χ4n) is 5.05. The van der Waals surface area contributed by atoms with Gasteiger partial charge in [0.1, 0.15) is 62.0 Å². The average Bonchev–Trinajstić information content (AvgIpc) is 3.31. The molecule has 4 rings (SSSR count). The Morgan fingerprint density at radius 1 is 0.976 bits per heavy atom. The summed E-state index contributed by atoms with van der Waals surface area (Å²) >= 11 is 0. The van der Waals surface area contributed by atoms with E-state index in [0.29, 0.717) is 11.2 Å². The molecule has 1 aromatic rings. The molecule has 0 radical (unpaired) electrons. The van der Waals surface area contributed by atoms with E-state index >= 15 is 0 Å². The number of benzene rings is 1. The number of anilines is 1. The van der Waals surface area contributed by atoms with Gasteiger partial charge in [-0.3, -0.25) is 4.79 Å². The van der Waals surface area contributed by atoms with Crippen molar-refractivity contribution in [2.24, 2.45) is 0 Å². The quantitative estimate of drug-likeness (QED) is 0.114. The van der Waals surface area contributed by atoms with E-state index in [2.05, 4.69) is 5.32 Å². The van der Waals surface area contributed by atoms with Gasteiger partial charge in [-0.05, 0) is 30.1 Å². The first-order valence-corrected chi connectivity index (χ1v) is 13.3. The molecule has 10 atom stereocenters. The summed E-state index contributed by atoms with van der Waals surface area (Å²) in [6, 6.07) is 4.98. The highest BCUT2D eigenvalue weighted by atomic mass is 16.7. The number of carboxylic acid groups (broad SMARTS) is 1. The van der Waals surface area contributed by atoms with Crippen LogP contribution in [0.5, 0.6) is 0 Å². The van der Waals surface area contributed by atoms with E-state index in [4.69, 9.17) is 38.2 Å². The molecule has 1 amide bonds. The fraction of sp³-hybridized carbons (Fsp3) is 0.680. The second kappa shape index (κ2) is 14.5. The molecule has 3 aliphatic rings. The Morgan fingerprint density at radius 3 is 2.33 bits per heavy atom. The molecule has 10 unspecified atom stereocenters. The number of rotatable bonds is 12. The first-order valence-electron chi connectivity index (χ1n) is 13.3. The Hall–Kier alpha value is -2.26. The molecule has 1 aromatic carbocycles. The Kier molecular flexibility index (Phi) is 11.3. The highest BCUT2D eigenvalue weighted by Crippen LogP contribution is 2.30. The third kappa shape index (κ3) is 7.63. The molecule has 17 heteroatoms. The lowest BCUT2D eigenvalue weighted by molar-refractivity contribution is -0.344. The third-order valence-electron chi connectivity index (χ3n) is 7.24. The lowest BCUT2D eigenvalue weighted by atomic mass is 9.79. The zero-order valence-electron chi connectivity index (χ0n) is 23.0. The molecule has 16 nitrogen and oxygen atoms in total. The lowest BCUT2D eigenvalue weighted by Crippen LogP contribution is -2.64. The number of ether oxygens (including phenoxy) is 6. The highest BCUT2D eigenvalue weighted by Gasteiger charge is 2.50. The monoisotopic (exact) mass is 601 g/mol. The number of methoxy groups -OCH3 is 1. The summed E-state index contributed by atoms with van der Waals surface area (Å²) in [4.78, 5) is 23.3. The van der Waals surface area contributed by atoms with E-state index < -0.39 is 93.4 Å². The molecule has 0 aliphatic carbocycles. The Morgan fingerprint density at radius 2 is 1.64 bits per heavy atom. The van der Waals surface area contributed by atoms with Gasteiger partial charge in [-0.2, -0.15) is 0 Å². The SMILES string of the molecule is COC1C(COCC(=O)Nc2ccc3c(c2)B(O)OC3)OC(OC2C(COCC(=O)O)OC(C)C(O)C2O)C(O)C1O. The van der Waals surface area contributed by atoms with Gasteiger partial charge in [-0.15, -0.1) is 0 Å². The minimum Gasteiger partial charge on any atom is -0.480 e. The van der Waals surface area contributed by atoms with Gasteiger partial charge in [-0.1, -0.05) is 6.07 Å². The number of carbonyl (C=O) groups is 2. The minimum atomic E-state index is -1.67. The van der Waals surface area contributed by atoms with Gasteiger partial charge in [0.25, 0.3) is 0 Å². The Balaban J connectivity index is 1.36. The largest absolute Gasteiger partial charge is 0.491 e. The van der Waals surface area contributed by atoms with Crippen LogP contribution in [0.2, 0.25) is 0 Å². The summed E-state index contributed by atoms with van der Waals surface area (Å²) in [5.41, 5.74) is 1.79. The fourth-order valence-corrected chi connectivity index (χ4v) is 5.05. The number of nitrogens with one attached hydrogen (secondary N) is 1. The van der Waals surface area contributed by atoms with Crippen molar-refractivity contribution >= 4 is 30.1 Å². The van der Waals surface area contributed by atoms with Crippen LogP contribution in [0.15, 0.2) is 18.2 Å². The van der Waals surface area contributed by atoms with Crippen LogP contribution < -0.4 is 10.8 Å². The Bertz CT molecular complexity index is 1080. The molecule has 234 valence electrons. The van der Waals surface area contributed by atoms with Crippen molar-refractivity contribution in [3.05, 3.63) is 23.8 Å². The number of fused-ring (bicyclic) bond motifs is 1. The second-order valence-corrected chi connectivity index (χ2v) is 10.2. The maximum atomic E-state index is 12.5. The first-order chi connectivity index (χ1) is 20.0. The number of hydrogen-bond donors (Lipinski definition) is 7. The van der Waals surface area contributed by atoms with Crippen LogP contribution in [-0.2, 0) is 49.3 Å². The maximum absolute atomic E-state index is 12.5. The van der Waals surface area contributed by atoms with Gasteiger partial charge in [0.15, 0.2) is 6.29 Å². The standard InChI is InChI=1S/C25H36BNO15/c1-11-19(31)20(32)24(16(40-11)8-38-10-18(29)30)42-25-22(34)21(33)23(36-2)15(41-25)7-37-9-17(28)27-13-4-3-12-6-39-26(35)14(12)5-13/h3-5,11,15-16,19-25,31-35H,6-10H2,1-2H3,(H,27,28)(H,29,30). The maximum Gasteiger partial charge on any atom is 0.491 e. The number of carbonyl (C=O) groups excluding carboxylic acids is 1. The summed E-state index contributed by atoms with van der Waals surface area (Å²) in [6.07, 6.45) is -13.1. The molecule has 7 N–H and O–H groups in total. The molecule has 3 heterocycles. The molecule has 0 spiro atoms. The van der Waals surface area contributed by atoms with Gasteiger partial charge < -0.3 is 68.9 Å². The number of aliphatic carboxylic acids is 1. The van der Waals surface area contributed by atoms with E-state index in [0.717, 1.165) is 5.56 Å². The zero-order chi connectivity index (χ0) is 30.6. The van der Waals surface area contributed by atoms with Crippen molar-refractivity contribution in [1.29, 1.82) is 0 Å². The minimum absolute atomic E-state index is 0.271. The Labute approximate surface area is 241 Å². The molecule has 42 heavy (non-hydrogen) atoms. The van der Waals surface area contributed by atoms with Crippen LogP contribution >= 0.6 is 0 Å². The third-order valence-corrected chi connectivity index (χ3v) is 7.24. The van der Waals surface area contributed by atoms with E-state index in [-0.39, 0.29) is 19.8 Å². The van der Waals surface area contributed by atoms with E-state index in [1.54, 1.807) is 18.2 Å². The van der Waals surface area contributed by atoms with Crippen LogP contribution in [0, 0.1) is 0 Å². The highest BCUT2D eigenvalue weighted by molar-refractivity contribution is 6.61. The summed E-state index contributed by atoms with van der Waals surface area (Å²) in [7, 11) is 0.211. The normalized spacial score (nSPS) is 34.7. The lowest BCUT2D eigenvalue weighted by Gasteiger charge is -2.46. The average molecular weight is 601 g/mol. The van der Waals surface area contributed by atoms with Gasteiger partial charge in [0, 0.05) is 12.8 Å². The van der Waals surface area contributed by atoms with Crippen LogP contribution in [0.1, 0.15) is 12.5 Å². The van der Waals surface area contributed by atoms with Crippen molar-refractivity contribution in [1.82, 2.24) is 0 Å². The molecule has 0 aromatic heterocycles. The van der Waals surface area contributed by atoms with Crippen molar-refractivity contribution in [2.75, 3.05) is 38.9 Å². The smallest absolute Gasteiger partial charge is 0.480 e. The van der Waals surface area contributed by atoms with Crippen LogP contribution in [0.3, 0.4) is 0 Å². The van der Waals surface area contributed by atoms with E-state index in [9.17, 15) is 35.0 Å². The molecule has 2 saturated heterocycles. The van der Waals surface area contributed by atoms with Gasteiger partial charge >= 0.3 is 13.1 Å². The molecule has 2 fully saturated rings. The number of aliphatic hydroxyl groups excluding tert-OH is 4. The van der Waals surface area contributed by atoms with Crippen LogP contribution in [-0.4, -0.2) is 144 Å². The number of carboxylic acids is 1. The summed E-state index contributed by atoms with van der Waals surface area (Å²) in [6.45, 7) is 0.104. The van der Waals surface area contributed by atoms with Crippen molar-refractivity contribution in [2.45, 2.75) is 74.8 Å². The number of aliphatic hydroxyl groups is 4. The molecule has 0 saturated carbocycles. The van der Waals surface area contributed by atoms with Gasteiger partial charge in [-0.25, -0.2) is 4.79 Å². The number of hydrogen-bond acceptors (Lipinski definition) is 14. The van der Waals surface area contributed by atoms with E-state index in [1.165, 1.54) is 14.0 Å². The predicted molar refractivity (Wildman–Crippen MR) is 139 cm³/mol. The van der Waals surface area contributed by atoms with Gasteiger partial charge in [0.05, 0.1) is 25.9 Å². The first kappa shape index (κ1) is 32.7. The summed E-state index contributed by atoms with van der Waals surface area (Å²) in [5, 5.41) is 63.7. The van der Waals surface area contributed by atoms with Crippen molar-refractivity contribution in [3.8, 4) is 0 Å². The zero-order valence-corrected chi connectivity index (χ0v) is 23.0. The molecular formula is C25H36BNO15. The molecule has 3 aliphatic heterocycles. The summed E-state index contributed by atoms with van der Waals surface area (Å²) in [5.74, 6) is -1.75. The molecular weight excluding hydrogens is 565 g/mol. The molecule has 0 bridgehead atoms. The van der Waals surface area contributed by atoms with E-state index in [1.807, 2.05) is 0 Å². The summed E-state index contributed by atoms with van der Waals surface area (Å²) < 4.78 is 38.2. The topological polar surface area (TPSA) is 232 Å². The second-order valence-electron chi connectivity index (χ2n) is 10.2. The van der Waals surface area contributed by atoms with Crippen LogP contribution in [0.25, 0.3) is 0 Å². The predicted octanol–water partition coefficient (Wildman–Crippen LogP) is -3.68. The number of amides is 1. The van der Waals surface area contributed by atoms with Gasteiger partial charge in [0.2, 0.25) is 5.91 Å². The van der Waals surface area contributed by atoms with Crippen LogP contribution in [0.4, 0.5) is 5.69 Å². The van der Waals surface area contributed by atoms with Crippen molar-refractivity contribution < 1.29 is 73.2 Å². The van der Waals surface area contributed by atoms with Crippen molar-refractivity contribution in [3.63, 3.8) is 0 Å².